The van der Waals surface area contributed by atoms with E-state index >= 15 is 0 Å². The van der Waals surface area contributed by atoms with Crippen molar-refractivity contribution in [2.75, 3.05) is 26.2 Å². The number of halogens is 2. The molecule has 0 spiro atoms. The smallest absolute Gasteiger partial charge is 0.261 e. The van der Waals surface area contributed by atoms with E-state index in [4.69, 9.17) is 0 Å². The van der Waals surface area contributed by atoms with Gasteiger partial charge in [0.2, 0.25) is 0 Å². The van der Waals surface area contributed by atoms with Gasteiger partial charge in [-0.1, -0.05) is 30.3 Å². The Kier molecular flexibility index (Phi) is 4.07. The zero-order valence-corrected chi connectivity index (χ0v) is 9.83. The largest absolute Gasteiger partial charge is 0.311 e. The van der Waals surface area contributed by atoms with Crippen LogP contribution in [0.15, 0.2) is 30.3 Å². The average Bonchev–Trinajstić information content (AvgIpc) is 2.66. The van der Waals surface area contributed by atoms with Gasteiger partial charge in [0.05, 0.1) is 6.54 Å². The topological polar surface area (TPSA) is 15.3 Å². The molecule has 0 saturated carbocycles. The lowest BCUT2D eigenvalue weighted by molar-refractivity contribution is 0.0124. The molecule has 2 rings (SSSR count). The minimum absolute atomic E-state index is 0.00564. The van der Waals surface area contributed by atoms with Crippen LogP contribution in [-0.4, -0.2) is 37.0 Å². The van der Waals surface area contributed by atoms with Crippen LogP contribution in [0.5, 0.6) is 0 Å². The number of hydrogen-bond acceptors (Lipinski definition) is 2. The molecule has 0 bridgehead atoms. The minimum atomic E-state index is -2.47. The van der Waals surface area contributed by atoms with Gasteiger partial charge in [-0.15, -0.1) is 0 Å². The summed E-state index contributed by atoms with van der Waals surface area (Å²) in [5.74, 6) is -2.47. The number of benzene rings is 1. The maximum atomic E-state index is 12.9. The summed E-state index contributed by atoms with van der Waals surface area (Å²) in [5, 5.41) is 3.27. The Balaban J connectivity index is 1.61. The molecule has 4 heteroatoms. The van der Waals surface area contributed by atoms with Crippen LogP contribution in [-0.2, 0) is 6.54 Å². The summed E-state index contributed by atoms with van der Waals surface area (Å²) < 4.78 is 25.8. The monoisotopic (exact) mass is 240 g/mol. The fraction of sp³-hybridized carbons (Fsp3) is 0.538. The minimum Gasteiger partial charge on any atom is -0.311 e. The van der Waals surface area contributed by atoms with Gasteiger partial charge < -0.3 is 5.32 Å². The van der Waals surface area contributed by atoms with Gasteiger partial charge in [0.25, 0.3) is 5.92 Å². The van der Waals surface area contributed by atoms with E-state index in [1.54, 1.807) is 0 Å². The molecule has 1 N–H and O–H groups in total. The van der Waals surface area contributed by atoms with Crippen LogP contribution in [0, 0.1) is 0 Å². The van der Waals surface area contributed by atoms with Crippen LogP contribution >= 0.6 is 0 Å². The molecule has 1 aromatic carbocycles. The number of hydrogen-bond donors (Lipinski definition) is 1. The van der Waals surface area contributed by atoms with Crippen molar-refractivity contribution in [1.82, 2.24) is 10.2 Å². The second-order valence-corrected chi connectivity index (χ2v) is 4.54. The lowest BCUT2D eigenvalue weighted by atomic mass is 10.2. The molecule has 0 atom stereocenters. The fourth-order valence-electron chi connectivity index (χ4n) is 2.06. The van der Waals surface area contributed by atoms with Gasteiger partial charge in [0, 0.05) is 32.6 Å². The number of nitrogens with one attached hydrogen (secondary N) is 1. The lowest BCUT2D eigenvalue weighted by Gasteiger charge is -2.15. The SMILES string of the molecule is FC1(F)CCN(CCNCc2ccccc2)C1. The predicted octanol–water partition coefficient (Wildman–Crippen LogP) is 2.12. The highest BCUT2D eigenvalue weighted by Gasteiger charge is 2.37. The van der Waals surface area contributed by atoms with E-state index in [0.717, 1.165) is 13.1 Å². The van der Waals surface area contributed by atoms with Crippen molar-refractivity contribution in [2.24, 2.45) is 0 Å². The van der Waals surface area contributed by atoms with Crippen molar-refractivity contribution in [3.63, 3.8) is 0 Å². The van der Waals surface area contributed by atoms with E-state index in [0.29, 0.717) is 13.1 Å². The third kappa shape index (κ3) is 4.06. The van der Waals surface area contributed by atoms with Crippen LogP contribution in [0.1, 0.15) is 12.0 Å². The van der Waals surface area contributed by atoms with Crippen molar-refractivity contribution in [3.8, 4) is 0 Å². The molecule has 1 aromatic rings. The van der Waals surface area contributed by atoms with Crippen LogP contribution in [0.2, 0.25) is 0 Å². The zero-order chi connectivity index (χ0) is 12.1. The molecule has 0 aliphatic carbocycles. The predicted molar refractivity (Wildman–Crippen MR) is 64.2 cm³/mol. The molecule has 0 radical (unpaired) electrons. The third-order valence-electron chi connectivity index (χ3n) is 3.03. The van der Waals surface area contributed by atoms with E-state index in [2.05, 4.69) is 17.4 Å². The summed E-state index contributed by atoms with van der Waals surface area (Å²) in [6, 6.07) is 10.1. The first-order valence-corrected chi connectivity index (χ1v) is 6.01. The number of likely N-dealkylation sites (tertiary alicyclic amines) is 1. The normalized spacial score (nSPS) is 19.6. The highest BCUT2D eigenvalue weighted by atomic mass is 19.3. The Hall–Kier alpha value is -1.00. The Labute approximate surface area is 101 Å². The Morgan fingerprint density at radius 2 is 2.00 bits per heavy atom. The second-order valence-electron chi connectivity index (χ2n) is 4.54. The summed E-state index contributed by atoms with van der Waals surface area (Å²) in [6.45, 7) is 2.68. The first-order valence-electron chi connectivity index (χ1n) is 6.01. The van der Waals surface area contributed by atoms with E-state index in [9.17, 15) is 8.78 Å². The van der Waals surface area contributed by atoms with Gasteiger partial charge in [0.1, 0.15) is 0 Å². The number of rotatable bonds is 5. The van der Waals surface area contributed by atoms with Crippen LogP contribution in [0.3, 0.4) is 0 Å². The molecule has 94 valence electrons. The van der Waals surface area contributed by atoms with E-state index in [1.165, 1.54) is 5.56 Å². The highest BCUT2D eigenvalue weighted by molar-refractivity contribution is 5.14. The molecule has 1 aliphatic heterocycles. The first kappa shape index (κ1) is 12.5. The van der Waals surface area contributed by atoms with Crippen molar-refractivity contribution in [2.45, 2.75) is 18.9 Å². The van der Waals surface area contributed by atoms with Gasteiger partial charge in [0.15, 0.2) is 0 Å². The molecule has 0 amide bonds. The maximum absolute atomic E-state index is 12.9. The lowest BCUT2D eigenvalue weighted by Crippen LogP contribution is -2.32. The molecule has 17 heavy (non-hydrogen) atoms. The Morgan fingerprint density at radius 1 is 1.24 bits per heavy atom. The van der Waals surface area contributed by atoms with Gasteiger partial charge >= 0.3 is 0 Å². The number of alkyl halides is 2. The molecule has 1 heterocycles. The van der Waals surface area contributed by atoms with Crippen LogP contribution in [0.4, 0.5) is 8.78 Å². The molecule has 2 nitrogen and oxygen atoms in total. The van der Waals surface area contributed by atoms with Crippen molar-refractivity contribution >= 4 is 0 Å². The van der Waals surface area contributed by atoms with E-state index < -0.39 is 5.92 Å². The summed E-state index contributed by atoms with van der Waals surface area (Å²) in [6.07, 6.45) is 0.00564. The Bertz CT molecular complexity index is 341. The third-order valence-corrected chi connectivity index (χ3v) is 3.03. The van der Waals surface area contributed by atoms with Gasteiger partial charge in [-0.2, -0.15) is 0 Å². The highest BCUT2D eigenvalue weighted by Crippen LogP contribution is 2.26. The molecule has 0 unspecified atom stereocenters. The van der Waals surface area contributed by atoms with Crippen molar-refractivity contribution in [1.29, 1.82) is 0 Å². The standard InChI is InChI=1S/C13H18F2N2/c14-13(15)6-8-17(11-13)9-7-16-10-12-4-2-1-3-5-12/h1-5,16H,6-11H2. The summed E-state index contributed by atoms with van der Waals surface area (Å²) in [7, 11) is 0. The Morgan fingerprint density at radius 3 is 2.65 bits per heavy atom. The van der Waals surface area contributed by atoms with Crippen molar-refractivity contribution < 1.29 is 8.78 Å². The van der Waals surface area contributed by atoms with Gasteiger partial charge in [-0.05, 0) is 5.56 Å². The summed E-state index contributed by atoms with van der Waals surface area (Å²) in [5.41, 5.74) is 1.22. The summed E-state index contributed by atoms with van der Waals surface area (Å²) >= 11 is 0. The molecule has 1 fully saturated rings. The molecule has 0 aromatic heterocycles. The molecular formula is C13H18F2N2. The first-order chi connectivity index (χ1) is 8.16. The van der Waals surface area contributed by atoms with Crippen LogP contribution in [0.25, 0.3) is 0 Å². The van der Waals surface area contributed by atoms with Gasteiger partial charge in [-0.25, -0.2) is 8.78 Å². The number of nitrogens with zero attached hydrogens (tertiary/aromatic N) is 1. The molecular weight excluding hydrogens is 222 g/mol. The second kappa shape index (κ2) is 5.56. The van der Waals surface area contributed by atoms with Crippen molar-refractivity contribution in [3.05, 3.63) is 35.9 Å². The maximum Gasteiger partial charge on any atom is 0.261 e. The quantitative estimate of drug-likeness (QED) is 0.793. The van der Waals surface area contributed by atoms with Crippen LogP contribution < -0.4 is 5.32 Å². The molecule has 1 aliphatic rings. The van der Waals surface area contributed by atoms with E-state index in [-0.39, 0.29) is 13.0 Å². The average molecular weight is 240 g/mol. The zero-order valence-electron chi connectivity index (χ0n) is 9.83. The van der Waals surface area contributed by atoms with Gasteiger partial charge in [-0.3, -0.25) is 4.90 Å². The molecule has 1 saturated heterocycles. The fourth-order valence-corrected chi connectivity index (χ4v) is 2.06. The summed E-state index contributed by atoms with van der Waals surface area (Å²) in [4.78, 5) is 1.82. The van der Waals surface area contributed by atoms with E-state index in [1.807, 2.05) is 23.1 Å².